The zero-order valence-electron chi connectivity index (χ0n) is 12.9. The number of carbonyl (C=O) groups is 2. The highest BCUT2D eigenvalue weighted by atomic mass is 16.5. The molecule has 0 saturated carbocycles. The van der Waals surface area contributed by atoms with Crippen LogP contribution in [0.15, 0.2) is 24.3 Å². The molecule has 0 aliphatic rings. The molecule has 1 N–H and O–H groups in total. The Morgan fingerprint density at radius 1 is 1.29 bits per heavy atom. The Kier molecular flexibility index (Phi) is 6.02. The van der Waals surface area contributed by atoms with E-state index >= 15 is 0 Å². The van der Waals surface area contributed by atoms with Crippen molar-refractivity contribution in [1.29, 1.82) is 0 Å². The zero-order valence-corrected chi connectivity index (χ0v) is 12.9. The first-order valence-corrected chi connectivity index (χ1v) is 6.74. The third kappa shape index (κ3) is 4.66. The van der Waals surface area contributed by atoms with E-state index in [9.17, 15) is 9.59 Å². The minimum Gasteiger partial charge on any atom is -0.495 e. The maximum Gasteiger partial charge on any atom is 0.324 e. The molecule has 0 heterocycles. The summed E-state index contributed by atoms with van der Waals surface area (Å²) in [4.78, 5) is 26.2. The van der Waals surface area contributed by atoms with Crippen molar-refractivity contribution in [2.45, 2.75) is 13.8 Å². The number of ether oxygens (including phenoxy) is 1. The van der Waals surface area contributed by atoms with Crippen LogP contribution in [0.25, 0.3) is 0 Å². The van der Waals surface area contributed by atoms with E-state index in [1.54, 1.807) is 25.2 Å². The maximum atomic E-state index is 12.5. The summed E-state index contributed by atoms with van der Waals surface area (Å²) in [6.07, 6.45) is 0. The second kappa shape index (κ2) is 7.52. The summed E-state index contributed by atoms with van der Waals surface area (Å²) in [6, 6.07) is 6.75. The molecule has 1 rings (SSSR count). The van der Waals surface area contributed by atoms with Gasteiger partial charge in [0, 0.05) is 13.6 Å². The average molecular weight is 294 g/mol. The van der Waals surface area contributed by atoms with Gasteiger partial charge >= 0.3 is 12.0 Å². The van der Waals surface area contributed by atoms with Crippen LogP contribution in [0, 0.1) is 5.92 Å². The van der Waals surface area contributed by atoms with Gasteiger partial charge in [-0.1, -0.05) is 26.0 Å². The number of carboxylic acids is 1. The summed E-state index contributed by atoms with van der Waals surface area (Å²) < 4.78 is 5.23. The summed E-state index contributed by atoms with van der Waals surface area (Å²) in [6.45, 7) is 3.93. The van der Waals surface area contributed by atoms with Crippen molar-refractivity contribution in [3.8, 4) is 5.75 Å². The molecule has 0 aromatic heterocycles. The molecule has 0 spiro atoms. The van der Waals surface area contributed by atoms with Crippen LogP contribution >= 0.6 is 0 Å². The Bertz CT molecular complexity index is 502. The first-order valence-electron chi connectivity index (χ1n) is 6.74. The predicted molar refractivity (Wildman–Crippen MR) is 80.8 cm³/mol. The lowest BCUT2D eigenvalue weighted by Crippen LogP contribution is -2.45. The standard InChI is InChI=1S/C15H22N2O4/c1-11(2)9-17(10-14(18)19)15(20)16(3)12-7-5-6-8-13(12)21-4/h5-8,11H,9-10H2,1-4H3,(H,18,19). The Balaban J connectivity index is 2.98. The molecule has 0 aliphatic heterocycles. The second-order valence-electron chi connectivity index (χ2n) is 5.18. The molecule has 0 unspecified atom stereocenters. The van der Waals surface area contributed by atoms with Crippen molar-refractivity contribution in [2.24, 2.45) is 5.92 Å². The van der Waals surface area contributed by atoms with Crippen molar-refractivity contribution in [1.82, 2.24) is 4.90 Å². The fourth-order valence-electron chi connectivity index (χ4n) is 2.04. The topological polar surface area (TPSA) is 70.1 Å². The molecule has 2 amide bonds. The van der Waals surface area contributed by atoms with Gasteiger partial charge in [-0.25, -0.2) is 4.79 Å². The first kappa shape index (κ1) is 16.8. The Hall–Kier alpha value is -2.24. The summed E-state index contributed by atoms with van der Waals surface area (Å²) >= 11 is 0. The number of hydrogen-bond donors (Lipinski definition) is 1. The summed E-state index contributed by atoms with van der Waals surface area (Å²) in [7, 11) is 3.13. The zero-order chi connectivity index (χ0) is 16.0. The molecule has 1 aromatic carbocycles. The van der Waals surface area contributed by atoms with Crippen LogP contribution in [0.2, 0.25) is 0 Å². The fraction of sp³-hybridized carbons (Fsp3) is 0.467. The number of methoxy groups -OCH3 is 1. The highest BCUT2D eigenvalue weighted by molar-refractivity contribution is 5.94. The van der Waals surface area contributed by atoms with Crippen LogP contribution < -0.4 is 9.64 Å². The highest BCUT2D eigenvalue weighted by Crippen LogP contribution is 2.27. The maximum absolute atomic E-state index is 12.5. The van der Waals surface area contributed by atoms with Crippen molar-refractivity contribution >= 4 is 17.7 Å². The smallest absolute Gasteiger partial charge is 0.324 e. The van der Waals surface area contributed by atoms with Gasteiger partial charge < -0.3 is 14.7 Å². The van der Waals surface area contributed by atoms with E-state index < -0.39 is 5.97 Å². The molecule has 0 radical (unpaired) electrons. The Labute approximate surface area is 124 Å². The molecule has 0 saturated heterocycles. The van der Waals surface area contributed by atoms with Crippen LogP contribution in [0.1, 0.15) is 13.8 Å². The van der Waals surface area contributed by atoms with Crippen LogP contribution in [-0.2, 0) is 4.79 Å². The van der Waals surface area contributed by atoms with E-state index in [0.717, 1.165) is 0 Å². The molecule has 21 heavy (non-hydrogen) atoms. The van der Waals surface area contributed by atoms with Gasteiger partial charge in [0.2, 0.25) is 0 Å². The van der Waals surface area contributed by atoms with E-state index in [2.05, 4.69) is 0 Å². The largest absolute Gasteiger partial charge is 0.495 e. The summed E-state index contributed by atoms with van der Waals surface area (Å²) in [5.41, 5.74) is 0.601. The van der Waals surface area contributed by atoms with E-state index in [1.807, 2.05) is 19.9 Å². The quantitative estimate of drug-likeness (QED) is 0.874. The third-order valence-corrected chi connectivity index (χ3v) is 2.92. The Morgan fingerprint density at radius 3 is 2.43 bits per heavy atom. The molecule has 0 atom stereocenters. The van der Waals surface area contributed by atoms with Gasteiger partial charge in [-0.3, -0.25) is 9.69 Å². The number of amides is 2. The number of nitrogens with zero attached hydrogens (tertiary/aromatic N) is 2. The SMILES string of the molecule is COc1ccccc1N(C)C(=O)N(CC(=O)O)CC(C)C. The lowest BCUT2D eigenvalue weighted by atomic mass is 10.2. The number of carbonyl (C=O) groups excluding carboxylic acids is 1. The van der Waals surface area contributed by atoms with Crippen LogP contribution in [0.5, 0.6) is 5.75 Å². The van der Waals surface area contributed by atoms with Crippen molar-refractivity contribution in [2.75, 3.05) is 32.1 Å². The van der Waals surface area contributed by atoms with E-state index in [-0.39, 0.29) is 18.5 Å². The number of urea groups is 1. The van der Waals surface area contributed by atoms with Gasteiger partial charge in [-0.2, -0.15) is 0 Å². The predicted octanol–water partition coefficient (Wildman–Crippen LogP) is 2.29. The number of benzene rings is 1. The van der Waals surface area contributed by atoms with Crippen molar-refractivity contribution < 1.29 is 19.4 Å². The fourth-order valence-corrected chi connectivity index (χ4v) is 2.04. The highest BCUT2D eigenvalue weighted by Gasteiger charge is 2.23. The molecule has 0 aliphatic carbocycles. The molecule has 0 bridgehead atoms. The number of hydrogen-bond acceptors (Lipinski definition) is 3. The third-order valence-electron chi connectivity index (χ3n) is 2.92. The van der Waals surface area contributed by atoms with Crippen LogP contribution in [0.3, 0.4) is 0 Å². The molecule has 1 aromatic rings. The monoisotopic (exact) mass is 294 g/mol. The van der Waals surface area contributed by atoms with E-state index in [1.165, 1.54) is 16.9 Å². The summed E-state index contributed by atoms with van der Waals surface area (Å²) in [5, 5.41) is 8.96. The minimum atomic E-state index is -1.03. The van der Waals surface area contributed by atoms with Gasteiger partial charge in [0.1, 0.15) is 12.3 Å². The normalized spacial score (nSPS) is 10.3. The average Bonchev–Trinajstić information content (AvgIpc) is 2.44. The summed E-state index contributed by atoms with van der Waals surface area (Å²) in [5.74, 6) is -0.287. The first-order chi connectivity index (χ1) is 9.86. The van der Waals surface area contributed by atoms with Gasteiger partial charge in [0.05, 0.1) is 12.8 Å². The van der Waals surface area contributed by atoms with Gasteiger partial charge in [-0.15, -0.1) is 0 Å². The van der Waals surface area contributed by atoms with E-state index in [4.69, 9.17) is 9.84 Å². The van der Waals surface area contributed by atoms with Crippen LogP contribution in [-0.4, -0.2) is 49.3 Å². The molecule has 0 fully saturated rings. The minimum absolute atomic E-state index is 0.180. The lowest BCUT2D eigenvalue weighted by molar-refractivity contribution is -0.137. The molecule has 116 valence electrons. The molecular weight excluding hydrogens is 272 g/mol. The number of carboxylic acid groups (broad SMARTS) is 1. The van der Waals surface area contributed by atoms with Gasteiger partial charge in [0.15, 0.2) is 0 Å². The van der Waals surface area contributed by atoms with E-state index in [0.29, 0.717) is 18.0 Å². The number of anilines is 1. The second-order valence-corrected chi connectivity index (χ2v) is 5.18. The van der Waals surface area contributed by atoms with Gasteiger partial charge in [0.25, 0.3) is 0 Å². The van der Waals surface area contributed by atoms with Gasteiger partial charge in [-0.05, 0) is 18.1 Å². The number of aliphatic carboxylic acids is 1. The van der Waals surface area contributed by atoms with Crippen molar-refractivity contribution in [3.63, 3.8) is 0 Å². The number of para-hydroxylation sites is 2. The molecule has 6 heteroatoms. The Morgan fingerprint density at radius 2 is 1.90 bits per heavy atom. The number of rotatable bonds is 6. The van der Waals surface area contributed by atoms with Crippen molar-refractivity contribution in [3.05, 3.63) is 24.3 Å². The molecular formula is C15H22N2O4. The molecule has 6 nitrogen and oxygen atoms in total. The van der Waals surface area contributed by atoms with Crippen LogP contribution in [0.4, 0.5) is 10.5 Å². The lowest BCUT2D eigenvalue weighted by Gasteiger charge is -2.29.